The van der Waals surface area contributed by atoms with Crippen LogP contribution in [0.3, 0.4) is 0 Å². The van der Waals surface area contributed by atoms with Gasteiger partial charge < -0.3 is 15.4 Å². The van der Waals surface area contributed by atoms with Crippen molar-refractivity contribution < 1.29 is 9.53 Å². The van der Waals surface area contributed by atoms with Crippen LogP contribution in [-0.2, 0) is 4.79 Å². The van der Waals surface area contributed by atoms with E-state index in [0.717, 1.165) is 6.42 Å². The van der Waals surface area contributed by atoms with Crippen molar-refractivity contribution in [3.05, 3.63) is 35.0 Å². The van der Waals surface area contributed by atoms with Gasteiger partial charge in [-0.05, 0) is 24.6 Å². The summed E-state index contributed by atoms with van der Waals surface area (Å²) in [6.45, 7) is 2.46. The minimum absolute atomic E-state index is 0.0134. The zero-order valence-corrected chi connectivity index (χ0v) is 12.1. The Hall–Kier alpha value is -2.19. The Morgan fingerprint density at radius 1 is 1.55 bits per heavy atom. The molecule has 1 aromatic carbocycles. The molecule has 0 atom stereocenters. The summed E-state index contributed by atoms with van der Waals surface area (Å²) in [6.07, 6.45) is 2.14. The van der Waals surface area contributed by atoms with Crippen LogP contribution in [0.5, 0.6) is 5.75 Å². The average molecular weight is 294 g/mol. The predicted molar refractivity (Wildman–Crippen MR) is 78.6 cm³/mol. The number of carbonyl (C=O) groups excluding carboxylic acids is 1. The summed E-state index contributed by atoms with van der Waals surface area (Å²) in [7, 11) is 1.53. The number of amides is 1. The largest absolute Gasteiger partial charge is 0.495 e. The highest BCUT2D eigenvalue weighted by Gasteiger charge is 2.08. The lowest BCUT2D eigenvalue weighted by Gasteiger charge is -2.09. The summed E-state index contributed by atoms with van der Waals surface area (Å²) >= 11 is 5.89. The number of nitrogens with one attached hydrogen (secondary N) is 2. The maximum absolute atomic E-state index is 11.7. The maximum Gasteiger partial charge on any atom is 0.263 e. The molecule has 0 radical (unpaired) electrons. The molecule has 0 spiro atoms. The fourth-order valence-corrected chi connectivity index (χ4v) is 1.60. The van der Waals surface area contributed by atoms with Gasteiger partial charge >= 0.3 is 0 Å². The first-order valence-electron chi connectivity index (χ1n) is 6.11. The Morgan fingerprint density at radius 2 is 2.30 bits per heavy atom. The molecule has 5 nitrogen and oxygen atoms in total. The fraction of sp³-hybridized carbons (Fsp3) is 0.286. The number of anilines is 1. The van der Waals surface area contributed by atoms with Crippen LogP contribution in [0.4, 0.5) is 5.69 Å². The Kier molecular flexibility index (Phi) is 6.41. The van der Waals surface area contributed by atoms with Gasteiger partial charge in [0.05, 0.1) is 12.8 Å². The molecule has 0 saturated carbocycles. The van der Waals surface area contributed by atoms with Crippen LogP contribution < -0.4 is 15.4 Å². The number of ether oxygens (including phenoxy) is 1. The Labute approximate surface area is 123 Å². The van der Waals surface area contributed by atoms with Crippen molar-refractivity contribution in [1.82, 2.24) is 5.32 Å². The Morgan fingerprint density at radius 3 is 2.90 bits per heavy atom. The molecule has 20 heavy (non-hydrogen) atoms. The van der Waals surface area contributed by atoms with Crippen molar-refractivity contribution in [2.75, 3.05) is 19.0 Å². The SMILES string of the molecule is CCCNC(=O)/C(C#N)=C\Nc1cc(Cl)ccc1OC. The zero-order valence-electron chi connectivity index (χ0n) is 11.4. The van der Waals surface area contributed by atoms with Crippen LogP contribution in [-0.4, -0.2) is 19.6 Å². The summed E-state index contributed by atoms with van der Waals surface area (Å²) < 4.78 is 5.16. The molecule has 2 N–H and O–H groups in total. The van der Waals surface area contributed by atoms with E-state index in [1.165, 1.54) is 13.3 Å². The van der Waals surface area contributed by atoms with Crippen molar-refractivity contribution in [1.29, 1.82) is 5.26 Å². The van der Waals surface area contributed by atoms with Gasteiger partial charge in [0.15, 0.2) is 0 Å². The molecule has 0 aliphatic heterocycles. The number of benzene rings is 1. The summed E-state index contributed by atoms with van der Waals surface area (Å²) in [5, 5.41) is 15.0. The molecule has 1 aromatic rings. The van der Waals surface area contributed by atoms with Crippen LogP contribution in [0.15, 0.2) is 30.0 Å². The molecule has 1 rings (SSSR count). The fourth-order valence-electron chi connectivity index (χ4n) is 1.43. The van der Waals surface area contributed by atoms with Crippen LogP contribution in [0.1, 0.15) is 13.3 Å². The lowest BCUT2D eigenvalue weighted by Crippen LogP contribution is -2.25. The second kappa shape index (κ2) is 8.08. The number of rotatable bonds is 6. The number of halogens is 1. The third-order valence-electron chi connectivity index (χ3n) is 2.43. The molecule has 0 aliphatic rings. The molecule has 0 aromatic heterocycles. The van der Waals surface area contributed by atoms with Crippen molar-refractivity contribution >= 4 is 23.2 Å². The summed E-state index contributed by atoms with van der Waals surface area (Å²) in [4.78, 5) is 11.7. The number of hydrogen-bond donors (Lipinski definition) is 2. The molecular weight excluding hydrogens is 278 g/mol. The molecule has 0 aliphatic carbocycles. The van der Waals surface area contributed by atoms with E-state index in [4.69, 9.17) is 21.6 Å². The maximum atomic E-state index is 11.7. The molecule has 1 amide bonds. The van der Waals surface area contributed by atoms with E-state index in [2.05, 4.69) is 10.6 Å². The Bertz CT molecular complexity index is 550. The second-order valence-electron chi connectivity index (χ2n) is 3.91. The van der Waals surface area contributed by atoms with Crippen LogP contribution >= 0.6 is 11.6 Å². The third kappa shape index (κ3) is 4.48. The second-order valence-corrected chi connectivity index (χ2v) is 4.35. The van der Waals surface area contributed by atoms with E-state index in [-0.39, 0.29) is 5.57 Å². The lowest BCUT2D eigenvalue weighted by molar-refractivity contribution is -0.117. The molecule has 0 unspecified atom stereocenters. The summed E-state index contributed by atoms with van der Waals surface area (Å²) in [6, 6.07) is 6.88. The standard InChI is InChI=1S/C14H16ClN3O2/c1-3-6-17-14(19)10(8-16)9-18-12-7-11(15)4-5-13(12)20-2/h4-5,7,9,18H,3,6H2,1-2H3,(H,17,19)/b10-9-. The average Bonchev–Trinajstić information content (AvgIpc) is 2.45. The van der Waals surface area contributed by atoms with E-state index >= 15 is 0 Å². The molecule has 0 heterocycles. The van der Waals surface area contributed by atoms with Gasteiger partial charge in [0, 0.05) is 17.8 Å². The lowest BCUT2D eigenvalue weighted by atomic mass is 10.2. The summed E-state index contributed by atoms with van der Waals surface area (Å²) in [5.74, 6) is 0.153. The first-order chi connectivity index (χ1) is 9.62. The number of hydrogen-bond acceptors (Lipinski definition) is 4. The topological polar surface area (TPSA) is 74.2 Å². The normalized spacial score (nSPS) is 10.6. The van der Waals surface area contributed by atoms with Crippen LogP contribution in [0, 0.1) is 11.3 Å². The van der Waals surface area contributed by atoms with Gasteiger partial charge in [-0.2, -0.15) is 5.26 Å². The molecule has 106 valence electrons. The van der Waals surface area contributed by atoms with Gasteiger partial charge in [-0.15, -0.1) is 0 Å². The molecular formula is C14H16ClN3O2. The highest BCUT2D eigenvalue weighted by Crippen LogP contribution is 2.27. The van der Waals surface area contributed by atoms with Gasteiger partial charge in [0.1, 0.15) is 17.4 Å². The van der Waals surface area contributed by atoms with E-state index in [9.17, 15) is 4.79 Å². The van der Waals surface area contributed by atoms with Crippen molar-refractivity contribution in [3.63, 3.8) is 0 Å². The summed E-state index contributed by atoms with van der Waals surface area (Å²) in [5.41, 5.74) is 0.566. The first-order valence-corrected chi connectivity index (χ1v) is 6.48. The molecule has 0 saturated heterocycles. The van der Waals surface area contributed by atoms with Gasteiger partial charge in [-0.1, -0.05) is 18.5 Å². The minimum atomic E-state index is -0.414. The van der Waals surface area contributed by atoms with E-state index in [1.54, 1.807) is 18.2 Å². The zero-order chi connectivity index (χ0) is 15.0. The molecule has 0 fully saturated rings. The van der Waals surface area contributed by atoms with Crippen molar-refractivity contribution in [2.45, 2.75) is 13.3 Å². The minimum Gasteiger partial charge on any atom is -0.495 e. The molecule has 6 heteroatoms. The van der Waals surface area contributed by atoms with Gasteiger partial charge in [0.25, 0.3) is 5.91 Å². The smallest absolute Gasteiger partial charge is 0.263 e. The number of carbonyl (C=O) groups is 1. The Balaban J connectivity index is 2.86. The molecule has 0 bridgehead atoms. The van der Waals surface area contributed by atoms with Gasteiger partial charge in [0.2, 0.25) is 0 Å². The number of nitriles is 1. The first kappa shape index (κ1) is 15.9. The quantitative estimate of drug-likeness (QED) is 0.625. The predicted octanol–water partition coefficient (Wildman–Crippen LogP) is 2.69. The van der Waals surface area contributed by atoms with E-state index in [1.807, 2.05) is 13.0 Å². The van der Waals surface area contributed by atoms with E-state index < -0.39 is 5.91 Å². The number of nitrogens with zero attached hydrogens (tertiary/aromatic N) is 1. The van der Waals surface area contributed by atoms with E-state index in [0.29, 0.717) is 23.0 Å². The third-order valence-corrected chi connectivity index (χ3v) is 2.67. The van der Waals surface area contributed by atoms with Gasteiger partial charge in [-0.25, -0.2) is 0 Å². The highest BCUT2D eigenvalue weighted by atomic mass is 35.5. The van der Waals surface area contributed by atoms with Gasteiger partial charge in [-0.3, -0.25) is 4.79 Å². The number of methoxy groups -OCH3 is 1. The van der Waals surface area contributed by atoms with Crippen LogP contribution in [0.2, 0.25) is 5.02 Å². The van der Waals surface area contributed by atoms with Crippen LogP contribution in [0.25, 0.3) is 0 Å². The van der Waals surface area contributed by atoms with Crippen molar-refractivity contribution in [2.24, 2.45) is 0 Å². The monoisotopic (exact) mass is 293 g/mol. The van der Waals surface area contributed by atoms with Crippen molar-refractivity contribution in [3.8, 4) is 11.8 Å². The highest BCUT2D eigenvalue weighted by molar-refractivity contribution is 6.30.